The topological polar surface area (TPSA) is 18.5 Å². The van der Waals surface area contributed by atoms with Gasteiger partial charge < -0.3 is 9.47 Å². The number of halogens is 2. The van der Waals surface area contributed by atoms with E-state index in [0.29, 0.717) is 16.7 Å². The molecule has 0 aliphatic carbocycles. The molecule has 0 heterocycles. The lowest BCUT2D eigenvalue weighted by atomic mass is 10.0. The van der Waals surface area contributed by atoms with Crippen LogP contribution in [-0.2, 0) is 4.74 Å². The number of benzene rings is 1. The van der Waals surface area contributed by atoms with Crippen LogP contribution in [0, 0.1) is 0 Å². The molecule has 0 amide bonds. The predicted octanol–water partition coefficient (Wildman–Crippen LogP) is 4.21. The summed E-state index contributed by atoms with van der Waals surface area (Å²) in [5, 5.41) is 0.713. The lowest BCUT2D eigenvalue weighted by molar-refractivity contribution is 0.0511. The SMILES string of the molecule is COCOc1cc(Cl)c(C(C)C)c(Br)c1. The van der Waals surface area contributed by atoms with Crippen LogP contribution in [-0.4, -0.2) is 13.9 Å². The van der Waals surface area contributed by atoms with Crippen LogP contribution < -0.4 is 4.74 Å². The van der Waals surface area contributed by atoms with Crippen LogP contribution in [0.4, 0.5) is 0 Å². The van der Waals surface area contributed by atoms with Crippen molar-refractivity contribution in [3.8, 4) is 5.75 Å². The largest absolute Gasteiger partial charge is 0.467 e. The van der Waals surface area contributed by atoms with E-state index in [1.54, 1.807) is 13.2 Å². The molecule has 0 aliphatic heterocycles. The van der Waals surface area contributed by atoms with Crippen LogP contribution in [0.15, 0.2) is 16.6 Å². The lowest BCUT2D eigenvalue weighted by Crippen LogP contribution is -2.00. The van der Waals surface area contributed by atoms with E-state index in [0.717, 1.165) is 10.0 Å². The molecule has 0 spiro atoms. The van der Waals surface area contributed by atoms with E-state index in [4.69, 9.17) is 21.1 Å². The zero-order valence-corrected chi connectivity index (χ0v) is 11.4. The normalized spacial score (nSPS) is 10.8. The summed E-state index contributed by atoms with van der Waals surface area (Å²) < 4.78 is 11.1. The first-order valence-electron chi connectivity index (χ1n) is 4.67. The molecule has 0 atom stereocenters. The molecule has 84 valence electrons. The zero-order valence-electron chi connectivity index (χ0n) is 9.01. The summed E-state index contributed by atoms with van der Waals surface area (Å²) in [5.74, 6) is 1.08. The van der Waals surface area contributed by atoms with Crippen LogP contribution in [0.2, 0.25) is 5.02 Å². The van der Waals surface area contributed by atoms with Gasteiger partial charge >= 0.3 is 0 Å². The van der Waals surface area contributed by atoms with E-state index in [1.807, 2.05) is 6.07 Å². The summed E-state index contributed by atoms with van der Waals surface area (Å²) in [5.41, 5.74) is 1.10. The highest BCUT2D eigenvalue weighted by atomic mass is 79.9. The molecule has 0 aromatic heterocycles. The highest BCUT2D eigenvalue weighted by Gasteiger charge is 2.11. The van der Waals surface area contributed by atoms with Gasteiger partial charge in [-0.25, -0.2) is 0 Å². The number of methoxy groups -OCH3 is 1. The average Bonchev–Trinajstić information content (AvgIpc) is 2.12. The monoisotopic (exact) mass is 292 g/mol. The van der Waals surface area contributed by atoms with Gasteiger partial charge in [-0.05, 0) is 23.6 Å². The maximum absolute atomic E-state index is 6.16. The Hall–Kier alpha value is -0.250. The lowest BCUT2D eigenvalue weighted by Gasteiger charge is -2.13. The summed E-state index contributed by atoms with van der Waals surface area (Å²) >= 11 is 9.64. The van der Waals surface area contributed by atoms with E-state index in [1.165, 1.54) is 0 Å². The average molecular weight is 294 g/mol. The summed E-state index contributed by atoms with van der Waals surface area (Å²) in [4.78, 5) is 0. The Morgan fingerprint density at radius 1 is 1.40 bits per heavy atom. The van der Waals surface area contributed by atoms with Crippen molar-refractivity contribution in [2.24, 2.45) is 0 Å². The van der Waals surface area contributed by atoms with Crippen molar-refractivity contribution < 1.29 is 9.47 Å². The fraction of sp³-hybridized carbons (Fsp3) is 0.455. The van der Waals surface area contributed by atoms with Crippen molar-refractivity contribution in [1.82, 2.24) is 0 Å². The van der Waals surface area contributed by atoms with Crippen molar-refractivity contribution in [3.05, 3.63) is 27.2 Å². The highest BCUT2D eigenvalue weighted by Crippen LogP contribution is 2.35. The van der Waals surface area contributed by atoms with E-state index < -0.39 is 0 Å². The standard InChI is InChI=1S/C11H14BrClO2/c1-7(2)11-9(12)4-8(5-10(11)13)15-6-14-3/h4-5,7H,6H2,1-3H3. The summed E-state index contributed by atoms with van der Waals surface area (Å²) in [7, 11) is 1.58. The first-order chi connectivity index (χ1) is 7.06. The summed E-state index contributed by atoms with van der Waals surface area (Å²) in [6.45, 7) is 4.42. The van der Waals surface area contributed by atoms with Gasteiger partial charge in [-0.2, -0.15) is 0 Å². The van der Waals surface area contributed by atoms with Gasteiger partial charge in [0.1, 0.15) is 5.75 Å². The van der Waals surface area contributed by atoms with Crippen molar-refractivity contribution in [2.75, 3.05) is 13.9 Å². The summed E-state index contributed by atoms with van der Waals surface area (Å²) in [6, 6.07) is 3.71. The van der Waals surface area contributed by atoms with Crippen LogP contribution in [0.5, 0.6) is 5.75 Å². The molecule has 0 radical (unpaired) electrons. The molecule has 1 aromatic carbocycles. The fourth-order valence-electron chi connectivity index (χ4n) is 1.32. The molecule has 0 bridgehead atoms. The molecule has 1 aromatic rings. The van der Waals surface area contributed by atoms with E-state index in [9.17, 15) is 0 Å². The number of ether oxygens (including phenoxy) is 2. The van der Waals surface area contributed by atoms with Gasteiger partial charge in [-0.3, -0.25) is 0 Å². The maximum Gasteiger partial charge on any atom is 0.188 e. The number of rotatable bonds is 4. The van der Waals surface area contributed by atoms with Crippen LogP contribution in [0.3, 0.4) is 0 Å². The van der Waals surface area contributed by atoms with Gasteiger partial charge in [0.05, 0.1) is 0 Å². The first-order valence-corrected chi connectivity index (χ1v) is 5.84. The molecule has 2 nitrogen and oxygen atoms in total. The third kappa shape index (κ3) is 3.37. The third-order valence-electron chi connectivity index (χ3n) is 1.97. The van der Waals surface area contributed by atoms with Crippen molar-refractivity contribution in [1.29, 1.82) is 0 Å². The third-order valence-corrected chi connectivity index (χ3v) is 2.94. The number of hydrogen-bond acceptors (Lipinski definition) is 2. The minimum atomic E-state index is 0.226. The fourth-order valence-corrected chi connectivity index (χ4v) is 2.76. The van der Waals surface area contributed by atoms with Crippen molar-refractivity contribution >= 4 is 27.5 Å². The molecular formula is C11H14BrClO2. The Morgan fingerprint density at radius 3 is 2.53 bits per heavy atom. The summed E-state index contributed by atoms with van der Waals surface area (Å²) in [6.07, 6.45) is 0. The minimum absolute atomic E-state index is 0.226. The molecule has 0 N–H and O–H groups in total. The maximum atomic E-state index is 6.16. The van der Waals surface area contributed by atoms with E-state index in [-0.39, 0.29) is 6.79 Å². The Bertz CT molecular complexity index is 316. The molecule has 0 saturated heterocycles. The van der Waals surface area contributed by atoms with Gasteiger partial charge in [-0.1, -0.05) is 41.4 Å². The van der Waals surface area contributed by atoms with Gasteiger partial charge in [0, 0.05) is 16.6 Å². The molecule has 4 heteroatoms. The Kier molecular flexibility index (Phi) is 4.90. The molecule has 0 unspecified atom stereocenters. The van der Waals surface area contributed by atoms with Gasteiger partial charge in [0.25, 0.3) is 0 Å². The van der Waals surface area contributed by atoms with Gasteiger partial charge in [-0.15, -0.1) is 0 Å². The molecule has 0 saturated carbocycles. The van der Waals surface area contributed by atoms with Crippen LogP contribution in [0.1, 0.15) is 25.3 Å². The second-order valence-electron chi connectivity index (χ2n) is 3.51. The number of hydrogen-bond donors (Lipinski definition) is 0. The highest BCUT2D eigenvalue weighted by molar-refractivity contribution is 9.10. The Morgan fingerprint density at radius 2 is 2.07 bits per heavy atom. The second kappa shape index (κ2) is 5.73. The molecule has 0 fully saturated rings. The smallest absolute Gasteiger partial charge is 0.188 e. The predicted molar refractivity (Wildman–Crippen MR) is 65.7 cm³/mol. The van der Waals surface area contributed by atoms with Gasteiger partial charge in [0.2, 0.25) is 0 Å². The molecule has 15 heavy (non-hydrogen) atoms. The van der Waals surface area contributed by atoms with Gasteiger partial charge in [0.15, 0.2) is 6.79 Å². The molecular weight excluding hydrogens is 279 g/mol. The quantitative estimate of drug-likeness (QED) is 0.774. The second-order valence-corrected chi connectivity index (χ2v) is 4.77. The van der Waals surface area contributed by atoms with E-state index in [2.05, 4.69) is 29.8 Å². The van der Waals surface area contributed by atoms with Crippen LogP contribution in [0.25, 0.3) is 0 Å². The first kappa shape index (κ1) is 12.8. The van der Waals surface area contributed by atoms with Crippen molar-refractivity contribution in [2.45, 2.75) is 19.8 Å². The molecule has 0 aliphatic rings. The van der Waals surface area contributed by atoms with Crippen molar-refractivity contribution in [3.63, 3.8) is 0 Å². The Balaban J connectivity index is 2.97. The van der Waals surface area contributed by atoms with Crippen LogP contribution >= 0.6 is 27.5 Å². The Labute approximate surface area is 104 Å². The molecule has 1 rings (SSSR count). The van der Waals surface area contributed by atoms with E-state index >= 15 is 0 Å². The minimum Gasteiger partial charge on any atom is -0.467 e. The zero-order chi connectivity index (χ0) is 11.4.